The number of halogens is 2. The minimum atomic E-state index is -0.291. The Morgan fingerprint density at radius 1 is 1.38 bits per heavy atom. The molecule has 2 atom stereocenters. The Kier molecular flexibility index (Phi) is 4.09. The summed E-state index contributed by atoms with van der Waals surface area (Å²) in [5.74, 6) is 0.132. The van der Waals surface area contributed by atoms with E-state index < -0.39 is 0 Å². The zero-order valence-electron chi connectivity index (χ0n) is 8.83. The molecule has 4 heteroatoms. The topological polar surface area (TPSA) is 29.5 Å². The number of aliphatic hydroxyl groups excluding tert-OH is 1. The Bertz CT molecular complexity index is 368. The maximum absolute atomic E-state index is 9.83. The summed E-state index contributed by atoms with van der Waals surface area (Å²) >= 11 is 11.9. The van der Waals surface area contributed by atoms with Crippen LogP contribution in [0.1, 0.15) is 12.0 Å². The van der Waals surface area contributed by atoms with Crippen molar-refractivity contribution in [1.29, 1.82) is 0 Å². The van der Waals surface area contributed by atoms with Gasteiger partial charge in [-0.2, -0.15) is 0 Å². The summed E-state index contributed by atoms with van der Waals surface area (Å²) in [5, 5.41) is 11.1. The molecule has 16 heavy (non-hydrogen) atoms. The molecule has 2 nitrogen and oxygen atoms in total. The van der Waals surface area contributed by atoms with Gasteiger partial charge in [-0.1, -0.05) is 29.3 Å². The molecular formula is C12H14Cl2O2. The van der Waals surface area contributed by atoms with E-state index in [1.807, 2.05) is 12.1 Å². The normalized spacial score (nSPS) is 25.7. The molecule has 0 spiro atoms. The first-order valence-electron chi connectivity index (χ1n) is 5.36. The molecule has 1 saturated heterocycles. The van der Waals surface area contributed by atoms with E-state index in [2.05, 4.69) is 0 Å². The van der Waals surface area contributed by atoms with Gasteiger partial charge in [-0.25, -0.2) is 0 Å². The second-order valence-electron chi connectivity index (χ2n) is 4.13. The molecule has 0 saturated carbocycles. The highest BCUT2D eigenvalue weighted by molar-refractivity contribution is 6.35. The number of aliphatic hydroxyl groups is 1. The number of hydrogen-bond acceptors (Lipinski definition) is 2. The second kappa shape index (κ2) is 5.37. The maximum Gasteiger partial charge on any atom is 0.0615 e. The summed E-state index contributed by atoms with van der Waals surface area (Å²) in [6.07, 6.45) is 1.15. The maximum atomic E-state index is 9.83. The van der Waals surface area contributed by atoms with Gasteiger partial charge in [-0.15, -0.1) is 0 Å². The molecule has 1 aliphatic rings. The van der Waals surface area contributed by atoms with E-state index in [1.165, 1.54) is 0 Å². The molecule has 0 radical (unpaired) electrons. The van der Waals surface area contributed by atoms with Crippen LogP contribution in [0.4, 0.5) is 0 Å². The molecule has 1 aromatic rings. The van der Waals surface area contributed by atoms with Crippen molar-refractivity contribution in [1.82, 2.24) is 0 Å². The van der Waals surface area contributed by atoms with Gasteiger partial charge in [0, 0.05) is 22.6 Å². The van der Waals surface area contributed by atoms with E-state index in [0.717, 1.165) is 12.0 Å². The van der Waals surface area contributed by atoms with E-state index in [9.17, 15) is 5.11 Å². The molecule has 0 aliphatic carbocycles. The first kappa shape index (κ1) is 12.2. The van der Waals surface area contributed by atoms with Crippen LogP contribution in [0.5, 0.6) is 0 Å². The van der Waals surface area contributed by atoms with Gasteiger partial charge in [0.25, 0.3) is 0 Å². The largest absolute Gasteiger partial charge is 0.393 e. The Labute approximate surface area is 105 Å². The summed E-state index contributed by atoms with van der Waals surface area (Å²) in [4.78, 5) is 0. The highest BCUT2D eigenvalue weighted by atomic mass is 35.5. The zero-order chi connectivity index (χ0) is 11.5. The van der Waals surface area contributed by atoms with Crippen LogP contribution in [0.2, 0.25) is 10.0 Å². The molecule has 1 N–H and O–H groups in total. The fraction of sp³-hybridized carbons (Fsp3) is 0.500. The first-order chi connectivity index (χ1) is 7.66. The van der Waals surface area contributed by atoms with E-state index in [0.29, 0.717) is 29.7 Å². The molecule has 2 rings (SSSR count). The van der Waals surface area contributed by atoms with Crippen LogP contribution in [-0.4, -0.2) is 24.4 Å². The van der Waals surface area contributed by atoms with Crippen LogP contribution >= 0.6 is 23.2 Å². The van der Waals surface area contributed by atoms with Gasteiger partial charge < -0.3 is 9.84 Å². The Morgan fingerprint density at radius 2 is 2.19 bits per heavy atom. The van der Waals surface area contributed by atoms with Crippen LogP contribution in [0.3, 0.4) is 0 Å². The summed E-state index contributed by atoms with van der Waals surface area (Å²) in [6, 6.07) is 5.46. The predicted octanol–water partition coefficient (Wildman–Crippen LogP) is 2.93. The van der Waals surface area contributed by atoms with Gasteiger partial charge in [0.05, 0.1) is 12.7 Å². The van der Waals surface area contributed by atoms with Crippen LogP contribution < -0.4 is 0 Å². The summed E-state index contributed by atoms with van der Waals surface area (Å²) in [5.41, 5.74) is 1.01. The number of benzene rings is 1. The van der Waals surface area contributed by atoms with Gasteiger partial charge in [-0.05, 0) is 30.5 Å². The van der Waals surface area contributed by atoms with Gasteiger partial charge >= 0.3 is 0 Å². The monoisotopic (exact) mass is 260 g/mol. The lowest BCUT2D eigenvalue weighted by Gasteiger charge is -2.28. The highest BCUT2D eigenvalue weighted by Crippen LogP contribution is 2.26. The van der Waals surface area contributed by atoms with Crippen molar-refractivity contribution in [2.45, 2.75) is 18.9 Å². The Morgan fingerprint density at radius 3 is 2.88 bits per heavy atom. The molecule has 1 heterocycles. The summed E-state index contributed by atoms with van der Waals surface area (Å²) in [6.45, 7) is 1.24. The van der Waals surface area contributed by atoms with Crippen molar-refractivity contribution in [2.75, 3.05) is 13.2 Å². The summed E-state index contributed by atoms with van der Waals surface area (Å²) in [7, 11) is 0. The number of hydrogen-bond donors (Lipinski definition) is 1. The van der Waals surface area contributed by atoms with Crippen molar-refractivity contribution in [3.8, 4) is 0 Å². The number of ether oxygens (including phenoxy) is 1. The van der Waals surface area contributed by atoms with E-state index in [-0.39, 0.29) is 12.0 Å². The minimum Gasteiger partial charge on any atom is -0.393 e. The third-order valence-corrected chi connectivity index (χ3v) is 3.52. The molecule has 1 aliphatic heterocycles. The number of rotatable bonds is 2. The average Bonchev–Trinajstić information content (AvgIpc) is 2.25. The van der Waals surface area contributed by atoms with Crippen molar-refractivity contribution < 1.29 is 9.84 Å². The highest BCUT2D eigenvalue weighted by Gasteiger charge is 2.24. The molecule has 0 unspecified atom stereocenters. The van der Waals surface area contributed by atoms with Gasteiger partial charge in [0.2, 0.25) is 0 Å². The smallest absolute Gasteiger partial charge is 0.0615 e. The molecule has 0 aromatic heterocycles. The lowest BCUT2D eigenvalue weighted by molar-refractivity contribution is -0.0350. The van der Waals surface area contributed by atoms with Crippen molar-refractivity contribution in [2.24, 2.45) is 5.92 Å². The SMILES string of the molecule is O[C@@H]1CCOC[C@@H]1Cc1ccc(Cl)cc1Cl. The van der Waals surface area contributed by atoms with E-state index >= 15 is 0 Å². The lowest BCUT2D eigenvalue weighted by atomic mass is 9.91. The van der Waals surface area contributed by atoms with Crippen LogP contribution in [0, 0.1) is 5.92 Å². The minimum absolute atomic E-state index is 0.132. The predicted molar refractivity (Wildman–Crippen MR) is 65.1 cm³/mol. The van der Waals surface area contributed by atoms with Crippen molar-refractivity contribution >= 4 is 23.2 Å². The third kappa shape index (κ3) is 2.89. The Balaban J connectivity index is 2.07. The Hall–Kier alpha value is -0.280. The fourth-order valence-electron chi connectivity index (χ4n) is 1.95. The zero-order valence-corrected chi connectivity index (χ0v) is 10.3. The van der Waals surface area contributed by atoms with Gasteiger partial charge in [-0.3, -0.25) is 0 Å². The standard InChI is InChI=1S/C12H14Cl2O2/c13-10-2-1-8(11(14)6-10)5-9-7-16-4-3-12(9)15/h1-2,6,9,12,15H,3-5,7H2/t9-,12+/m0/s1. The fourth-order valence-corrected chi connectivity index (χ4v) is 2.44. The van der Waals surface area contributed by atoms with Crippen LogP contribution in [0.15, 0.2) is 18.2 Å². The molecule has 1 aromatic carbocycles. The van der Waals surface area contributed by atoms with Crippen molar-refractivity contribution in [3.05, 3.63) is 33.8 Å². The molecule has 0 amide bonds. The second-order valence-corrected chi connectivity index (χ2v) is 4.97. The first-order valence-corrected chi connectivity index (χ1v) is 6.12. The van der Waals surface area contributed by atoms with Crippen LogP contribution in [-0.2, 0) is 11.2 Å². The van der Waals surface area contributed by atoms with E-state index in [4.69, 9.17) is 27.9 Å². The molecular weight excluding hydrogens is 247 g/mol. The lowest BCUT2D eigenvalue weighted by Crippen LogP contribution is -2.33. The average molecular weight is 261 g/mol. The molecule has 1 fully saturated rings. The molecule has 88 valence electrons. The quantitative estimate of drug-likeness (QED) is 0.886. The van der Waals surface area contributed by atoms with Crippen molar-refractivity contribution in [3.63, 3.8) is 0 Å². The van der Waals surface area contributed by atoms with Gasteiger partial charge in [0.15, 0.2) is 0 Å². The van der Waals surface area contributed by atoms with E-state index in [1.54, 1.807) is 6.07 Å². The van der Waals surface area contributed by atoms with Crippen LogP contribution in [0.25, 0.3) is 0 Å². The van der Waals surface area contributed by atoms with Gasteiger partial charge in [0.1, 0.15) is 0 Å². The third-order valence-electron chi connectivity index (χ3n) is 2.93. The summed E-state index contributed by atoms with van der Waals surface area (Å²) < 4.78 is 5.36. The molecule has 0 bridgehead atoms.